The molecule has 0 aliphatic rings. The Kier molecular flexibility index (Phi) is 5.95. The Hall–Kier alpha value is -2.21. The Balaban J connectivity index is 2.11. The van der Waals surface area contributed by atoms with Crippen LogP contribution in [0.2, 0.25) is 10.0 Å². The van der Waals surface area contributed by atoms with Gasteiger partial charge in [0, 0.05) is 15.6 Å². The van der Waals surface area contributed by atoms with Gasteiger partial charge >= 0.3 is 0 Å². The van der Waals surface area contributed by atoms with Crippen LogP contribution in [-0.4, -0.2) is 15.5 Å². The zero-order chi connectivity index (χ0) is 19.4. The highest BCUT2D eigenvalue weighted by Crippen LogP contribution is 2.32. The molecule has 0 radical (unpaired) electrons. The van der Waals surface area contributed by atoms with E-state index in [4.69, 9.17) is 27.9 Å². The standard InChI is InChI=1S/C20H17Cl2NO3S/c1-26-16-12-10-15(11-13-16)23(14-18-19(21)8-5-9-20(18)22)27(24,25)17-6-3-2-4-7-17/h2-13H,14H2,1H3. The third-order valence-electron chi connectivity index (χ3n) is 4.06. The van der Waals surface area contributed by atoms with Gasteiger partial charge in [0.25, 0.3) is 10.0 Å². The van der Waals surface area contributed by atoms with E-state index in [1.54, 1.807) is 79.9 Å². The van der Waals surface area contributed by atoms with E-state index in [-0.39, 0.29) is 11.4 Å². The maximum absolute atomic E-state index is 13.3. The summed E-state index contributed by atoms with van der Waals surface area (Å²) in [6, 6.07) is 20.1. The van der Waals surface area contributed by atoms with Crippen LogP contribution in [0, 0.1) is 0 Å². The number of nitrogens with zero attached hydrogens (tertiary/aromatic N) is 1. The second kappa shape index (κ2) is 8.21. The van der Waals surface area contributed by atoms with Crippen LogP contribution in [0.1, 0.15) is 5.56 Å². The second-order valence-corrected chi connectivity index (χ2v) is 8.40. The summed E-state index contributed by atoms with van der Waals surface area (Å²) in [5.41, 5.74) is 1.02. The van der Waals surface area contributed by atoms with Crippen molar-refractivity contribution >= 4 is 38.9 Å². The molecule has 0 saturated carbocycles. The number of anilines is 1. The molecule has 27 heavy (non-hydrogen) atoms. The third-order valence-corrected chi connectivity index (χ3v) is 6.55. The number of sulfonamides is 1. The normalized spacial score (nSPS) is 11.2. The lowest BCUT2D eigenvalue weighted by molar-refractivity contribution is 0.415. The van der Waals surface area contributed by atoms with Gasteiger partial charge in [0.05, 0.1) is 24.2 Å². The average molecular weight is 422 g/mol. The summed E-state index contributed by atoms with van der Waals surface area (Å²) in [4.78, 5) is 0.184. The number of halogens is 2. The minimum atomic E-state index is -3.83. The predicted molar refractivity (Wildman–Crippen MR) is 109 cm³/mol. The second-order valence-electron chi connectivity index (χ2n) is 5.72. The van der Waals surface area contributed by atoms with Gasteiger partial charge < -0.3 is 4.74 Å². The molecule has 3 aromatic carbocycles. The number of methoxy groups -OCH3 is 1. The van der Waals surface area contributed by atoms with Crippen molar-refractivity contribution in [3.05, 3.63) is 88.4 Å². The molecule has 0 atom stereocenters. The van der Waals surface area contributed by atoms with Gasteiger partial charge in [-0.2, -0.15) is 0 Å². The zero-order valence-corrected chi connectivity index (χ0v) is 16.8. The summed E-state index contributed by atoms with van der Waals surface area (Å²) in [6.45, 7) is 0.00205. The minimum Gasteiger partial charge on any atom is -0.497 e. The van der Waals surface area contributed by atoms with Gasteiger partial charge in [-0.15, -0.1) is 0 Å². The molecule has 0 saturated heterocycles. The predicted octanol–water partition coefficient (Wildman–Crippen LogP) is 5.40. The fourth-order valence-electron chi connectivity index (χ4n) is 2.61. The molecule has 3 rings (SSSR count). The number of hydrogen-bond donors (Lipinski definition) is 0. The van der Waals surface area contributed by atoms with Crippen molar-refractivity contribution in [1.29, 1.82) is 0 Å². The van der Waals surface area contributed by atoms with E-state index in [2.05, 4.69) is 0 Å². The van der Waals surface area contributed by atoms with E-state index in [9.17, 15) is 8.42 Å². The number of benzene rings is 3. The molecule has 0 aliphatic heterocycles. The van der Waals surface area contributed by atoms with E-state index < -0.39 is 10.0 Å². The van der Waals surface area contributed by atoms with E-state index >= 15 is 0 Å². The van der Waals surface area contributed by atoms with E-state index in [0.29, 0.717) is 27.0 Å². The molecule has 0 aromatic heterocycles. The lowest BCUT2D eigenvalue weighted by Gasteiger charge is -2.25. The van der Waals surface area contributed by atoms with Crippen LogP contribution in [0.15, 0.2) is 77.7 Å². The van der Waals surface area contributed by atoms with Crippen LogP contribution >= 0.6 is 23.2 Å². The summed E-state index contributed by atoms with van der Waals surface area (Å²) in [5.74, 6) is 0.631. The smallest absolute Gasteiger partial charge is 0.264 e. The quantitative estimate of drug-likeness (QED) is 0.535. The molecule has 0 amide bonds. The van der Waals surface area contributed by atoms with Crippen LogP contribution in [0.3, 0.4) is 0 Å². The molecule has 0 fully saturated rings. The molecule has 4 nitrogen and oxygen atoms in total. The van der Waals surface area contributed by atoms with Crippen molar-refractivity contribution in [2.75, 3.05) is 11.4 Å². The van der Waals surface area contributed by atoms with Gasteiger partial charge in [-0.25, -0.2) is 8.42 Å². The van der Waals surface area contributed by atoms with Gasteiger partial charge in [-0.3, -0.25) is 4.31 Å². The lowest BCUT2D eigenvalue weighted by Crippen LogP contribution is -2.30. The van der Waals surface area contributed by atoms with Gasteiger partial charge in [0.15, 0.2) is 0 Å². The molecule has 0 unspecified atom stereocenters. The van der Waals surface area contributed by atoms with Crippen molar-refractivity contribution in [2.45, 2.75) is 11.4 Å². The molecular weight excluding hydrogens is 405 g/mol. The van der Waals surface area contributed by atoms with Crippen molar-refractivity contribution in [2.24, 2.45) is 0 Å². The van der Waals surface area contributed by atoms with Crippen LogP contribution in [0.4, 0.5) is 5.69 Å². The molecule has 7 heteroatoms. The van der Waals surface area contributed by atoms with Crippen molar-refractivity contribution in [3.63, 3.8) is 0 Å². The molecule has 0 aliphatic carbocycles. The Labute approximate surface area is 169 Å². The highest BCUT2D eigenvalue weighted by Gasteiger charge is 2.26. The van der Waals surface area contributed by atoms with E-state index in [0.717, 1.165) is 0 Å². The molecule has 140 valence electrons. The fraction of sp³-hybridized carbons (Fsp3) is 0.100. The SMILES string of the molecule is COc1ccc(N(Cc2c(Cl)cccc2Cl)S(=O)(=O)c2ccccc2)cc1. The van der Waals surface area contributed by atoms with Crippen LogP contribution < -0.4 is 9.04 Å². The van der Waals surface area contributed by atoms with Gasteiger partial charge in [-0.1, -0.05) is 47.5 Å². The molecule has 0 heterocycles. The summed E-state index contributed by atoms with van der Waals surface area (Å²) >= 11 is 12.6. The Morgan fingerprint density at radius 1 is 0.852 bits per heavy atom. The van der Waals surface area contributed by atoms with Crippen LogP contribution in [0.5, 0.6) is 5.75 Å². The number of rotatable bonds is 6. The topological polar surface area (TPSA) is 46.6 Å². The Bertz CT molecular complexity index is 1000. The Morgan fingerprint density at radius 3 is 2.00 bits per heavy atom. The van der Waals surface area contributed by atoms with Gasteiger partial charge in [0.2, 0.25) is 0 Å². The van der Waals surface area contributed by atoms with Gasteiger partial charge in [0.1, 0.15) is 5.75 Å². The first-order valence-electron chi connectivity index (χ1n) is 8.08. The number of ether oxygens (including phenoxy) is 1. The average Bonchev–Trinajstić information content (AvgIpc) is 2.68. The minimum absolute atomic E-state index is 0.00205. The van der Waals surface area contributed by atoms with Crippen molar-refractivity contribution in [3.8, 4) is 5.75 Å². The molecule has 0 N–H and O–H groups in total. The summed E-state index contributed by atoms with van der Waals surface area (Å²) in [6.07, 6.45) is 0. The largest absolute Gasteiger partial charge is 0.497 e. The molecule has 0 bridgehead atoms. The van der Waals surface area contributed by atoms with Crippen molar-refractivity contribution in [1.82, 2.24) is 0 Å². The van der Waals surface area contributed by atoms with Crippen molar-refractivity contribution < 1.29 is 13.2 Å². The lowest BCUT2D eigenvalue weighted by atomic mass is 10.2. The highest BCUT2D eigenvalue weighted by molar-refractivity contribution is 7.92. The monoisotopic (exact) mass is 421 g/mol. The maximum atomic E-state index is 13.3. The van der Waals surface area contributed by atoms with Crippen LogP contribution in [0.25, 0.3) is 0 Å². The van der Waals surface area contributed by atoms with E-state index in [1.165, 1.54) is 4.31 Å². The van der Waals surface area contributed by atoms with E-state index in [1.807, 2.05) is 0 Å². The molecule has 0 spiro atoms. The first-order valence-corrected chi connectivity index (χ1v) is 10.3. The van der Waals surface area contributed by atoms with Gasteiger partial charge in [-0.05, 0) is 48.5 Å². The molecule has 3 aromatic rings. The first-order chi connectivity index (χ1) is 12.9. The maximum Gasteiger partial charge on any atom is 0.264 e. The Morgan fingerprint density at radius 2 is 1.44 bits per heavy atom. The van der Waals surface area contributed by atoms with Crippen LogP contribution in [-0.2, 0) is 16.6 Å². The summed E-state index contributed by atoms with van der Waals surface area (Å²) in [5, 5.41) is 0.813. The summed E-state index contributed by atoms with van der Waals surface area (Å²) in [7, 11) is -2.28. The fourth-order valence-corrected chi connectivity index (χ4v) is 4.58. The molecular formula is C20H17Cl2NO3S. The summed E-state index contributed by atoms with van der Waals surface area (Å²) < 4.78 is 33.1. The first kappa shape index (κ1) is 19.5. The number of hydrogen-bond acceptors (Lipinski definition) is 3. The third kappa shape index (κ3) is 4.21. The zero-order valence-electron chi connectivity index (χ0n) is 14.5. The highest BCUT2D eigenvalue weighted by atomic mass is 35.5.